The number of fused-ring (bicyclic) bond motifs is 2. The molecule has 5 nitrogen and oxygen atoms in total. The largest absolute Gasteiger partial charge is 0.372 e. The van der Waals surface area contributed by atoms with Gasteiger partial charge in [0.05, 0.1) is 23.4 Å². The summed E-state index contributed by atoms with van der Waals surface area (Å²) in [6.07, 6.45) is 4.85. The summed E-state index contributed by atoms with van der Waals surface area (Å²) in [6, 6.07) is 0. The van der Waals surface area contributed by atoms with Crippen LogP contribution in [0.4, 0.5) is 0 Å². The van der Waals surface area contributed by atoms with Crippen LogP contribution in [0.25, 0.3) is 0 Å². The van der Waals surface area contributed by atoms with E-state index in [4.69, 9.17) is 4.74 Å². The number of hydrogen-bond acceptors (Lipinski definition) is 5. The fourth-order valence-electron chi connectivity index (χ4n) is 2.76. The third-order valence-electron chi connectivity index (χ3n) is 3.68. The van der Waals surface area contributed by atoms with Gasteiger partial charge in [0.15, 0.2) is 0 Å². The van der Waals surface area contributed by atoms with Crippen LogP contribution in [0.3, 0.4) is 0 Å². The van der Waals surface area contributed by atoms with Gasteiger partial charge in [0.2, 0.25) is 0 Å². The monoisotopic (exact) mass is 281 g/mol. The number of amides is 1. The molecule has 2 fully saturated rings. The molecule has 2 unspecified atom stereocenters. The van der Waals surface area contributed by atoms with Gasteiger partial charge in [-0.15, -0.1) is 11.3 Å². The lowest BCUT2D eigenvalue weighted by molar-refractivity contribution is -0.0375. The van der Waals surface area contributed by atoms with Crippen LogP contribution in [-0.4, -0.2) is 54.2 Å². The number of nitrogens with zero attached hydrogens (tertiary/aromatic N) is 2. The fraction of sp³-hybridized carbons (Fsp3) is 0.692. The van der Waals surface area contributed by atoms with Gasteiger partial charge in [-0.05, 0) is 19.8 Å². The second-order valence-corrected chi connectivity index (χ2v) is 6.45. The van der Waals surface area contributed by atoms with Gasteiger partial charge in [0, 0.05) is 26.2 Å². The van der Waals surface area contributed by atoms with E-state index in [-0.39, 0.29) is 5.91 Å². The van der Waals surface area contributed by atoms with E-state index in [1.54, 1.807) is 6.20 Å². The molecule has 0 radical (unpaired) electrons. The van der Waals surface area contributed by atoms with Crippen molar-refractivity contribution in [3.05, 3.63) is 16.1 Å². The van der Waals surface area contributed by atoms with E-state index in [2.05, 4.69) is 15.2 Å². The number of nitrogens with one attached hydrogen (secondary N) is 1. The molecule has 1 amide bonds. The van der Waals surface area contributed by atoms with E-state index < -0.39 is 0 Å². The minimum Gasteiger partial charge on any atom is -0.372 e. The zero-order valence-electron chi connectivity index (χ0n) is 11.1. The quantitative estimate of drug-likeness (QED) is 0.896. The summed E-state index contributed by atoms with van der Waals surface area (Å²) in [5.74, 6) is -0.0122. The second kappa shape index (κ2) is 5.56. The highest BCUT2D eigenvalue weighted by atomic mass is 32.1. The van der Waals surface area contributed by atoms with Crippen LogP contribution >= 0.6 is 11.3 Å². The zero-order chi connectivity index (χ0) is 13.2. The maximum Gasteiger partial charge on any atom is 0.263 e. The second-order valence-electron chi connectivity index (χ2n) is 5.22. The predicted octanol–water partition coefficient (Wildman–Crippen LogP) is 1.04. The number of carbonyl (C=O) groups is 1. The van der Waals surface area contributed by atoms with Crippen LogP contribution in [0.5, 0.6) is 0 Å². The summed E-state index contributed by atoms with van der Waals surface area (Å²) >= 11 is 1.44. The van der Waals surface area contributed by atoms with Gasteiger partial charge < -0.3 is 10.1 Å². The highest BCUT2D eigenvalue weighted by Crippen LogP contribution is 2.25. The van der Waals surface area contributed by atoms with Crippen molar-refractivity contribution in [2.75, 3.05) is 26.2 Å². The van der Waals surface area contributed by atoms with Crippen LogP contribution in [0.2, 0.25) is 0 Å². The van der Waals surface area contributed by atoms with Crippen molar-refractivity contribution in [1.82, 2.24) is 15.2 Å². The Morgan fingerprint density at radius 3 is 2.89 bits per heavy atom. The van der Waals surface area contributed by atoms with E-state index in [1.807, 2.05) is 6.92 Å². The van der Waals surface area contributed by atoms with Gasteiger partial charge in [-0.1, -0.05) is 0 Å². The van der Waals surface area contributed by atoms with Crippen molar-refractivity contribution in [2.24, 2.45) is 0 Å². The summed E-state index contributed by atoms with van der Waals surface area (Å²) in [5, 5.41) is 3.88. The lowest BCUT2D eigenvalue weighted by atomic mass is 10.2. The average molecular weight is 281 g/mol. The Kier molecular flexibility index (Phi) is 3.81. The number of thiazole rings is 1. The standard InChI is InChI=1S/C13H19N3O2S/c1-9-15-6-12(19-9)13(17)14-4-5-16-7-10-2-3-11(8-16)18-10/h6,10-11H,2-5,7-8H2,1H3,(H,14,17). The molecule has 0 spiro atoms. The molecule has 6 heteroatoms. The number of carbonyl (C=O) groups excluding carboxylic acids is 1. The molecule has 1 N–H and O–H groups in total. The topological polar surface area (TPSA) is 54.5 Å². The smallest absolute Gasteiger partial charge is 0.263 e. The highest BCUT2D eigenvalue weighted by molar-refractivity contribution is 7.13. The third kappa shape index (κ3) is 3.13. The van der Waals surface area contributed by atoms with Crippen LogP contribution in [0.15, 0.2) is 6.20 Å². The van der Waals surface area contributed by atoms with Gasteiger partial charge in [-0.3, -0.25) is 9.69 Å². The molecule has 0 aliphatic carbocycles. The van der Waals surface area contributed by atoms with E-state index in [0.717, 1.165) is 24.6 Å². The molecule has 2 aliphatic heterocycles. The molecule has 2 aliphatic rings. The van der Waals surface area contributed by atoms with Gasteiger partial charge >= 0.3 is 0 Å². The third-order valence-corrected chi connectivity index (χ3v) is 4.59. The first-order chi connectivity index (χ1) is 9.20. The molecule has 0 aromatic carbocycles. The molecule has 1 aromatic heterocycles. The Labute approximate surface area is 117 Å². The predicted molar refractivity (Wildman–Crippen MR) is 73.5 cm³/mol. The number of morpholine rings is 1. The van der Waals surface area contributed by atoms with Gasteiger partial charge in [0.1, 0.15) is 4.88 Å². The van der Waals surface area contributed by atoms with E-state index in [0.29, 0.717) is 23.6 Å². The number of likely N-dealkylation sites (tertiary alicyclic amines) is 1. The molecule has 3 rings (SSSR count). The molecule has 19 heavy (non-hydrogen) atoms. The minimum atomic E-state index is -0.0122. The first-order valence-corrected chi connectivity index (χ1v) is 7.61. The Bertz CT molecular complexity index is 450. The van der Waals surface area contributed by atoms with Crippen LogP contribution in [-0.2, 0) is 4.74 Å². The average Bonchev–Trinajstić information content (AvgIpc) is 2.96. The molecule has 2 atom stereocenters. The molecular weight excluding hydrogens is 262 g/mol. The first-order valence-electron chi connectivity index (χ1n) is 6.79. The summed E-state index contributed by atoms with van der Waals surface area (Å²) in [7, 11) is 0. The molecule has 2 saturated heterocycles. The highest BCUT2D eigenvalue weighted by Gasteiger charge is 2.33. The minimum absolute atomic E-state index is 0.0122. The van der Waals surface area contributed by atoms with E-state index >= 15 is 0 Å². The lowest BCUT2D eigenvalue weighted by Gasteiger charge is -2.31. The SMILES string of the molecule is Cc1ncc(C(=O)NCCN2CC3CCC(C2)O3)s1. The van der Waals surface area contributed by atoms with Crippen LogP contribution < -0.4 is 5.32 Å². The van der Waals surface area contributed by atoms with E-state index in [9.17, 15) is 4.79 Å². The Balaban J connectivity index is 1.42. The normalized spacial score (nSPS) is 26.6. The summed E-state index contributed by atoms with van der Waals surface area (Å²) in [4.78, 5) is 19.0. The Morgan fingerprint density at radius 2 is 2.26 bits per heavy atom. The maximum absolute atomic E-state index is 11.9. The summed E-state index contributed by atoms with van der Waals surface area (Å²) in [6.45, 7) is 5.51. The number of rotatable bonds is 4. The van der Waals surface area contributed by atoms with Crippen LogP contribution in [0.1, 0.15) is 27.5 Å². The van der Waals surface area contributed by atoms with Crippen molar-refractivity contribution >= 4 is 17.2 Å². The molecule has 104 valence electrons. The molecular formula is C13H19N3O2S. The molecule has 2 bridgehead atoms. The van der Waals surface area contributed by atoms with Gasteiger partial charge in [-0.25, -0.2) is 4.98 Å². The van der Waals surface area contributed by atoms with Gasteiger partial charge in [-0.2, -0.15) is 0 Å². The number of ether oxygens (including phenoxy) is 1. The van der Waals surface area contributed by atoms with Crippen molar-refractivity contribution < 1.29 is 9.53 Å². The van der Waals surface area contributed by atoms with Crippen molar-refractivity contribution in [1.29, 1.82) is 0 Å². The molecule has 1 aromatic rings. The summed E-state index contributed by atoms with van der Waals surface area (Å²) < 4.78 is 5.79. The Morgan fingerprint density at radius 1 is 1.53 bits per heavy atom. The Hall–Kier alpha value is -0.980. The number of hydrogen-bond donors (Lipinski definition) is 1. The zero-order valence-corrected chi connectivity index (χ0v) is 11.9. The van der Waals surface area contributed by atoms with Gasteiger partial charge in [0.25, 0.3) is 5.91 Å². The number of aryl methyl sites for hydroxylation is 1. The fourth-order valence-corrected chi connectivity index (χ4v) is 3.46. The number of aromatic nitrogens is 1. The molecule has 0 saturated carbocycles. The van der Waals surface area contributed by atoms with E-state index in [1.165, 1.54) is 24.2 Å². The van der Waals surface area contributed by atoms with Crippen LogP contribution in [0, 0.1) is 6.92 Å². The van der Waals surface area contributed by atoms with Crippen molar-refractivity contribution in [3.8, 4) is 0 Å². The molecule has 3 heterocycles. The summed E-state index contributed by atoms with van der Waals surface area (Å²) in [5.41, 5.74) is 0. The lowest BCUT2D eigenvalue weighted by Crippen LogP contribution is -2.45. The van der Waals surface area contributed by atoms with Crippen molar-refractivity contribution in [3.63, 3.8) is 0 Å². The van der Waals surface area contributed by atoms with Crippen molar-refractivity contribution in [2.45, 2.75) is 32.0 Å². The first kappa shape index (κ1) is 13.0. The maximum atomic E-state index is 11.9.